The highest BCUT2D eigenvalue weighted by atomic mass is 79.9. The second-order valence-corrected chi connectivity index (χ2v) is 15.7. The summed E-state index contributed by atoms with van der Waals surface area (Å²) in [6.07, 6.45) is 0.422. The number of sulfonamides is 1. The van der Waals surface area contributed by atoms with E-state index in [1.54, 1.807) is 32.2 Å². The zero-order valence-electron chi connectivity index (χ0n) is 25.7. The molecule has 0 aliphatic carbocycles. The number of nitrogens with zero attached hydrogens (tertiary/aromatic N) is 3. The van der Waals surface area contributed by atoms with Gasteiger partial charge in [0.2, 0.25) is 0 Å². The first kappa shape index (κ1) is 33.0. The number of para-hydroxylation sites is 2. The molecule has 0 atom stereocenters. The van der Waals surface area contributed by atoms with Crippen molar-refractivity contribution in [3.05, 3.63) is 104 Å². The third kappa shape index (κ3) is 6.62. The Morgan fingerprint density at radius 3 is 2.45 bits per heavy atom. The van der Waals surface area contributed by atoms with Gasteiger partial charge in [-0.3, -0.25) is 9.10 Å². The third-order valence-corrected chi connectivity index (χ3v) is 13.2. The molecule has 2 aromatic heterocycles. The Morgan fingerprint density at radius 2 is 1.74 bits per heavy atom. The number of hydrogen-bond donors (Lipinski definition) is 1. The van der Waals surface area contributed by atoms with E-state index in [9.17, 15) is 23.1 Å². The first-order valence-electron chi connectivity index (χ1n) is 14.9. The van der Waals surface area contributed by atoms with Crippen LogP contribution in [-0.2, 0) is 16.4 Å². The fourth-order valence-electron chi connectivity index (χ4n) is 5.80. The maximum Gasteiger partial charge on any atom is 0.346 e. The predicted molar refractivity (Wildman–Crippen MR) is 191 cm³/mol. The van der Waals surface area contributed by atoms with Crippen LogP contribution in [0.4, 0.5) is 11.4 Å². The number of halogens is 1. The molecule has 0 spiro atoms. The number of piperazine rings is 1. The van der Waals surface area contributed by atoms with Gasteiger partial charge in [0.25, 0.3) is 15.9 Å². The summed E-state index contributed by atoms with van der Waals surface area (Å²) in [4.78, 5) is 29.9. The molecule has 1 aliphatic heterocycles. The van der Waals surface area contributed by atoms with Gasteiger partial charge in [0.1, 0.15) is 15.5 Å². The van der Waals surface area contributed by atoms with Crippen LogP contribution < -0.4 is 13.9 Å². The number of thiophene rings is 2. The van der Waals surface area contributed by atoms with E-state index in [1.165, 1.54) is 15.6 Å². The van der Waals surface area contributed by atoms with Crippen LogP contribution >= 0.6 is 38.6 Å². The number of rotatable bonds is 10. The van der Waals surface area contributed by atoms with Crippen molar-refractivity contribution in [2.24, 2.45) is 0 Å². The molecular formula is C34H32BrN3O6S3. The van der Waals surface area contributed by atoms with Crippen LogP contribution in [0.3, 0.4) is 0 Å². The van der Waals surface area contributed by atoms with Crippen LogP contribution in [0.1, 0.15) is 30.5 Å². The van der Waals surface area contributed by atoms with Gasteiger partial charge in [0.15, 0.2) is 0 Å². The van der Waals surface area contributed by atoms with Gasteiger partial charge in [0, 0.05) is 41.9 Å². The van der Waals surface area contributed by atoms with Crippen LogP contribution in [0.5, 0.6) is 5.75 Å². The summed E-state index contributed by atoms with van der Waals surface area (Å²) in [5, 5.41) is 12.1. The largest absolute Gasteiger partial charge is 0.497 e. The standard InChI is InChI=1S/C34H32BrN3O6S3/c1-22-26-21-25(10-11-30(26)46-31(22)34(40)41)47(42,43)38(14-12-23-6-5-7-24(20-23)44-2)29-9-4-3-8-28(29)36-15-17-37(18-16-36)33(39)32-27(35)13-19-45-32/h3-11,13,19-21H,12,14-18H2,1-2H3,(H,40,41). The van der Waals surface area contributed by atoms with Crippen molar-refractivity contribution in [3.63, 3.8) is 0 Å². The lowest BCUT2D eigenvalue weighted by molar-refractivity contribution is 0.0700. The molecule has 5 aromatic rings. The molecule has 0 radical (unpaired) electrons. The summed E-state index contributed by atoms with van der Waals surface area (Å²) in [6.45, 7) is 3.91. The number of hydrogen-bond acceptors (Lipinski definition) is 8. The van der Waals surface area contributed by atoms with E-state index >= 15 is 0 Å². The van der Waals surface area contributed by atoms with E-state index in [0.29, 0.717) is 64.6 Å². The highest BCUT2D eigenvalue weighted by molar-refractivity contribution is 9.10. The summed E-state index contributed by atoms with van der Waals surface area (Å²) in [7, 11) is -2.52. The second kappa shape index (κ2) is 13.7. The number of methoxy groups -OCH3 is 1. The maximum absolute atomic E-state index is 14.6. The van der Waals surface area contributed by atoms with Gasteiger partial charge in [-0.15, -0.1) is 22.7 Å². The highest BCUT2D eigenvalue weighted by Gasteiger charge is 2.31. The van der Waals surface area contributed by atoms with Gasteiger partial charge in [-0.1, -0.05) is 24.3 Å². The molecule has 244 valence electrons. The van der Waals surface area contributed by atoms with Crippen molar-refractivity contribution in [2.75, 3.05) is 49.0 Å². The SMILES string of the molecule is COc1cccc(CCN(c2ccccc2N2CCN(C(=O)c3sccc3Br)CC2)S(=O)(=O)c2ccc3sc(C(=O)O)c(C)c3c2)c1. The van der Waals surface area contributed by atoms with Crippen LogP contribution in [0.2, 0.25) is 0 Å². The fourth-order valence-corrected chi connectivity index (χ4v) is 9.85. The number of carboxylic acid groups (broad SMARTS) is 1. The number of fused-ring (bicyclic) bond motifs is 1. The number of amides is 1. The van der Waals surface area contributed by atoms with Gasteiger partial charge in [-0.05, 0) is 99.7 Å². The summed E-state index contributed by atoms with van der Waals surface area (Å²) in [6, 6.07) is 21.7. The van der Waals surface area contributed by atoms with E-state index in [2.05, 4.69) is 20.8 Å². The topological polar surface area (TPSA) is 107 Å². The molecular weight excluding hydrogens is 722 g/mol. The minimum Gasteiger partial charge on any atom is -0.497 e. The minimum absolute atomic E-state index is 0.0209. The van der Waals surface area contributed by atoms with Crippen molar-refractivity contribution >= 4 is 82.0 Å². The Labute approximate surface area is 289 Å². The first-order valence-corrected chi connectivity index (χ1v) is 18.8. The number of ether oxygens (including phenoxy) is 1. The molecule has 1 aliphatic rings. The number of carbonyl (C=O) groups excluding carboxylic acids is 1. The number of aryl methyl sites for hydroxylation is 1. The molecule has 47 heavy (non-hydrogen) atoms. The molecule has 0 unspecified atom stereocenters. The first-order chi connectivity index (χ1) is 22.6. The summed E-state index contributed by atoms with van der Waals surface area (Å²) in [5.74, 6) is -0.369. The van der Waals surface area contributed by atoms with E-state index < -0.39 is 16.0 Å². The van der Waals surface area contributed by atoms with E-state index in [-0.39, 0.29) is 22.2 Å². The molecule has 9 nitrogen and oxygen atoms in total. The monoisotopic (exact) mass is 753 g/mol. The normalized spacial score (nSPS) is 13.6. The number of anilines is 2. The Hall–Kier alpha value is -3.91. The van der Waals surface area contributed by atoms with E-state index in [1.807, 2.05) is 64.9 Å². The minimum atomic E-state index is -4.11. The molecule has 1 amide bonds. The van der Waals surface area contributed by atoms with Crippen molar-refractivity contribution in [1.82, 2.24) is 4.90 Å². The lowest BCUT2D eigenvalue weighted by atomic mass is 10.1. The Bertz CT molecular complexity index is 2070. The van der Waals surface area contributed by atoms with Crippen molar-refractivity contribution in [1.29, 1.82) is 0 Å². The number of carboxylic acids is 1. The van der Waals surface area contributed by atoms with Gasteiger partial charge < -0.3 is 19.6 Å². The summed E-state index contributed by atoms with van der Waals surface area (Å²) < 4.78 is 37.6. The zero-order valence-corrected chi connectivity index (χ0v) is 29.7. The van der Waals surface area contributed by atoms with Gasteiger partial charge in [-0.2, -0.15) is 0 Å². The molecule has 6 rings (SSSR count). The van der Waals surface area contributed by atoms with Crippen LogP contribution in [-0.4, -0.2) is 70.1 Å². The summed E-state index contributed by atoms with van der Waals surface area (Å²) in [5.41, 5.74) is 2.75. The van der Waals surface area contributed by atoms with Gasteiger partial charge >= 0.3 is 5.97 Å². The number of aromatic carboxylic acids is 1. The lowest BCUT2D eigenvalue weighted by Crippen LogP contribution is -2.49. The maximum atomic E-state index is 14.6. The van der Waals surface area contributed by atoms with E-state index in [0.717, 1.165) is 27.1 Å². The van der Waals surface area contributed by atoms with Crippen molar-refractivity contribution < 1.29 is 27.9 Å². The molecule has 0 bridgehead atoms. The quantitative estimate of drug-likeness (QED) is 0.162. The van der Waals surface area contributed by atoms with Gasteiger partial charge in [-0.25, -0.2) is 13.2 Å². The van der Waals surface area contributed by atoms with E-state index in [4.69, 9.17) is 4.74 Å². The van der Waals surface area contributed by atoms with Crippen LogP contribution in [0.15, 0.2) is 87.5 Å². The highest BCUT2D eigenvalue weighted by Crippen LogP contribution is 2.37. The van der Waals surface area contributed by atoms with Crippen LogP contribution in [0.25, 0.3) is 10.1 Å². The smallest absolute Gasteiger partial charge is 0.346 e. The number of benzene rings is 3. The molecule has 1 N–H and O–H groups in total. The Kier molecular flexibility index (Phi) is 9.60. The Balaban J connectivity index is 1.35. The van der Waals surface area contributed by atoms with Crippen LogP contribution in [0, 0.1) is 6.92 Å². The molecule has 13 heteroatoms. The van der Waals surface area contributed by atoms with Crippen molar-refractivity contribution in [3.8, 4) is 5.75 Å². The van der Waals surface area contributed by atoms with Gasteiger partial charge in [0.05, 0.1) is 23.4 Å². The summed E-state index contributed by atoms with van der Waals surface area (Å²) >= 11 is 6.00. The second-order valence-electron chi connectivity index (χ2n) is 11.1. The average Bonchev–Trinajstić information content (AvgIpc) is 3.67. The molecule has 0 saturated carbocycles. The Morgan fingerprint density at radius 1 is 0.979 bits per heavy atom. The van der Waals surface area contributed by atoms with Crippen molar-refractivity contribution in [2.45, 2.75) is 18.2 Å². The molecule has 3 heterocycles. The zero-order chi connectivity index (χ0) is 33.3. The predicted octanol–water partition coefficient (Wildman–Crippen LogP) is 7.14. The average molecular weight is 755 g/mol. The lowest BCUT2D eigenvalue weighted by Gasteiger charge is -2.38. The molecule has 1 fully saturated rings. The molecule has 3 aromatic carbocycles. The molecule has 1 saturated heterocycles. The third-order valence-electron chi connectivity index (χ3n) is 8.30. The number of carbonyl (C=O) groups is 2. The fraction of sp³-hybridized carbons (Fsp3) is 0.235.